The van der Waals surface area contributed by atoms with Crippen molar-refractivity contribution in [2.24, 2.45) is 0 Å². The molecule has 23 heavy (non-hydrogen) atoms. The highest BCUT2D eigenvalue weighted by Gasteiger charge is 2.36. The molecule has 0 N–H and O–H groups in total. The van der Waals surface area contributed by atoms with Crippen molar-refractivity contribution in [2.45, 2.75) is 56.6 Å². The van der Waals surface area contributed by atoms with Gasteiger partial charge < -0.3 is 4.57 Å². The van der Waals surface area contributed by atoms with E-state index in [0.29, 0.717) is 17.7 Å². The Hall–Kier alpha value is -1.62. The van der Waals surface area contributed by atoms with Crippen LogP contribution in [0.3, 0.4) is 0 Å². The fourth-order valence-corrected chi connectivity index (χ4v) is 3.91. The van der Waals surface area contributed by atoms with Gasteiger partial charge in [0.2, 0.25) is 0 Å². The summed E-state index contributed by atoms with van der Waals surface area (Å²) in [4.78, 5) is 12.5. The number of aromatic nitrogens is 3. The number of benzene rings is 1. The second-order valence-corrected chi connectivity index (χ2v) is 7.69. The topological polar surface area (TPSA) is 47.8 Å². The molecule has 2 aliphatic rings. The summed E-state index contributed by atoms with van der Waals surface area (Å²) in [5.74, 6) is 2.35. The van der Waals surface area contributed by atoms with Crippen LogP contribution in [0.1, 0.15) is 65.0 Å². The third-order valence-corrected chi connectivity index (χ3v) is 5.50. The van der Waals surface area contributed by atoms with Crippen molar-refractivity contribution < 1.29 is 4.79 Å². The molecule has 0 saturated heterocycles. The molecule has 4 nitrogen and oxygen atoms in total. The number of hydrogen-bond donors (Lipinski definition) is 0. The molecule has 0 bridgehead atoms. The second kappa shape index (κ2) is 5.78. The lowest BCUT2D eigenvalue weighted by Gasteiger charge is -2.09. The second-order valence-electron chi connectivity index (χ2n) is 6.75. The third kappa shape index (κ3) is 3.07. The Morgan fingerprint density at radius 2 is 2.00 bits per heavy atom. The van der Waals surface area contributed by atoms with E-state index < -0.39 is 0 Å². The quantitative estimate of drug-likeness (QED) is 0.592. The Kier molecular flexibility index (Phi) is 3.76. The summed E-state index contributed by atoms with van der Waals surface area (Å²) in [6.07, 6.45) is 4.90. The maximum absolute atomic E-state index is 12.5. The standard InChI is InChI=1S/C18H21N3OS/c1-11-3-8-15(12(2)9-11)16(22)10-23-18-20-19-17(13-4-5-13)21(18)14-6-7-14/h3,8-9,13-14H,4-7,10H2,1-2H3. The fourth-order valence-electron chi connectivity index (χ4n) is 3.02. The van der Waals surface area contributed by atoms with Crippen molar-refractivity contribution in [1.29, 1.82) is 0 Å². The van der Waals surface area contributed by atoms with Gasteiger partial charge in [0.25, 0.3) is 0 Å². The van der Waals surface area contributed by atoms with Crippen LogP contribution < -0.4 is 0 Å². The highest BCUT2D eigenvalue weighted by Crippen LogP contribution is 2.46. The van der Waals surface area contributed by atoms with Gasteiger partial charge in [-0.1, -0.05) is 35.5 Å². The third-order valence-electron chi connectivity index (χ3n) is 4.56. The minimum absolute atomic E-state index is 0.172. The molecule has 0 unspecified atom stereocenters. The van der Waals surface area contributed by atoms with E-state index in [1.54, 1.807) is 0 Å². The summed E-state index contributed by atoms with van der Waals surface area (Å²) in [5.41, 5.74) is 3.06. The molecular weight excluding hydrogens is 306 g/mol. The number of ketones is 1. The van der Waals surface area contributed by atoms with Gasteiger partial charge in [-0.25, -0.2) is 0 Å². The summed E-state index contributed by atoms with van der Waals surface area (Å²) >= 11 is 1.54. The van der Waals surface area contributed by atoms with Crippen molar-refractivity contribution in [3.05, 3.63) is 40.7 Å². The van der Waals surface area contributed by atoms with Gasteiger partial charge in [0.15, 0.2) is 10.9 Å². The Labute approximate surface area is 140 Å². The summed E-state index contributed by atoms with van der Waals surface area (Å²) in [7, 11) is 0. The highest BCUT2D eigenvalue weighted by atomic mass is 32.2. The van der Waals surface area contributed by atoms with E-state index in [1.165, 1.54) is 43.0 Å². The number of rotatable bonds is 6. The van der Waals surface area contributed by atoms with Crippen LogP contribution in [0.25, 0.3) is 0 Å². The average Bonchev–Trinajstić information content (AvgIpc) is 3.43. The summed E-state index contributed by atoms with van der Waals surface area (Å²) in [6.45, 7) is 4.05. The molecule has 2 fully saturated rings. The molecule has 0 atom stereocenters. The normalized spacial score (nSPS) is 17.5. The molecule has 4 rings (SSSR count). The van der Waals surface area contributed by atoms with Crippen LogP contribution in [-0.2, 0) is 0 Å². The lowest BCUT2D eigenvalue weighted by Crippen LogP contribution is -2.07. The van der Waals surface area contributed by atoms with Crippen molar-refractivity contribution in [3.63, 3.8) is 0 Å². The maximum atomic E-state index is 12.5. The first kappa shape index (κ1) is 14.9. The molecule has 2 saturated carbocycles. The Morgan fingerprint density at radius 3 is 2.65 bits per heavy atom. The highest BCUT2D eigenvalue weighted by molar-refractivity contribution is 7.99. The van der Waals surface area contributed by atoms with E-state index in [4.69, 9.17) is 0 Å². The van der Waals surface area contributed by atoms with Crippen molar-refractivity contribution in [1.82, 2.24) is 14.8 Å². The first-order valence-corrected chi connectivity index (χ1v) is 9.30. The maximum Gasteiger partial charge on any atom is 0.191 e. The lowest BCUT2D eigenvalue weighted by molar-refractivity contribution is 0.102. The minimum atomic E-state index is 0.172. The number of nitrogens with zero attached hydrogens (tertiary/aromatic N) is 3. The van der Waals surface area contributed by atoms with E-state index in [9.17, 15) is 4.79 Å². The van der Waals surface area contributed by atoms with Crippen molar-refractivity contribution >= 4 is 17.5 Å². The molecule has 0 aliphatic heterocycles. The van der Waals surface area contributed by atoms with E-state index >= 15 is 0 Å². The van der Waals surface area contributed by atoms with Crippen LogP contribution in [0.5, 0.6) is 0 Å². The molecule has 1 aromatic carbocycles. The molecule has 1 aromatic heterocycles. The van der Waals surface area contributed by atoms with Crippen LogP contribution in [-0.4, -0.2) is 26.3 Å². The van der Waals surface area contributed by atoms with Gasteiger partial charge in [0.05, 0.1) is 5.75 Å². The molecule has 2 aliphatic carbocycles. The lowest BCUT2D eigenvalue weighted by atomic mass is 10.0. The first-order valence-electron chi connectivity index (χ1n) is 8.31. The molecule has 1 heterocycles. The summed E-state index contributed by atoms with van der Waals surface area (Å²) < 4.78 is 2.30. The molecular formula is C18H21N3OS. The number of carbonyl (C=O) groups is 1. The zero-order valence-corrected chi connectivity index (χ0v) is 14.4. The zero-order valence-electron chi connectivity index (χ0n) is 13.6. The van der Waals surface area contributed by atoms with E-state index in [-0.39, 0.29) is 5.78 Å². The van der Waals surface area contributed by atoms with Crippen LogP contribution in [0, 0.1) is 13.8 Å². The first-order chi connectivity index (χ1) is 11.1. The average molecular weight is 327 g/mol. The molecule has 2 aromatic rings. The van der Waals surface area contributed by atoms with Crippen LogP contribution in [0.15, 0.2) is 23.4 Å². The molecule has 5 heteroatoms. The van der Waals surface area contributed by atoms with E-state index in [2.05, 4.69) is 20.8 Å². The molecule has 0 spiro atoms. The summed E-state index contributed by atoms with van der Waals surface area (Å²) in [5, 5.41) is 9.69. The van der Waals surface area contributed by atoms with Gasteiger partial charge in [-0.15, -0.1) is 10.2 Å². The van der Waals surface area contributed by atoms with Gasteiger partial charge >= 0.3 is 0 Å². The number of hydrogen-bond acceptors (Lipinski definition) is 4. The van der Waals surface area contributed by atoms with Gasteiger partial charge in [0, 0.05) is 17.5 Å². The Morgan fingerprint density at radius 1 is 1.22 bits per heavy atom. The van der Waals surface area contributed by atoms with E-state index in [1.807, 2.05) is 26.0 Å². The predicted molar refractivity (Wildman–Crippen MR) is 91.2 cm³/mol. The zero-order chi connectivity index (χ0) is 16.0. The smallest absolute Gasteiger partial charge is 0.191 e. The minimum Gasteiger partial charge on any atom is -0.303 e. The molecule has 0 radical (unpaired) electrons. The molecule has 120 valence electrons. The van der Waals surface area contributed by atoms with Gasteiger partial charge in [-0.2, -0.15) is 0 Å². The number of carbonyl (C=O) groups excluding carboxylic acids is 1. The van der Waals surface area contributed by atoms with Crippen molar-refractivity contribution in [2.75, 3.05) is 5.75 Å². The van der Waals surface area contributed by atoms with Crippen LogP contribution in [0.2, 0.25) is 0 Å². The van der Waals surface area contributed by atoms with Crippen LogP contribution in [0.4, 0.5) is 0 Å². The Bertz CT molecular complexity index is 760. The van der Waals surface area contributed by atoms with Gasteiger partial charge in [0.1, 0.15) is 5.82 Å². The molecule has 0 amide bonds. The SMILES string of the molecule is Cc1ccc(C(=O)CSc2nnc(C3CC3)n2C2CC2)c(C)c1. The number of thioether (sulfide) groups is 1. The van der Waals surface area contributed by atoms with Crippen LogP contribution >= 0.6 is 11.8 Å². The summed E-state index contributed by atoms with van der Waals surface area (Å²) in [6, 6.07) is 6.58. The van der Waals surface area contributed by atoms with Crippen molar-refractivity contribution in [3.8, 4) is 0 Å². The van der Waals surface area contributed by atoms with E-state index in [0.717, 1.165) is 22.1 Å². The Balaban J connectivity index is 1.49. The van der Waals surface area contributed by atoms with Gasteiger partial charge in [-0.05, 0) is 45.1 Å². The van der Waals surface area contributed by atoms with Gasteiger partial charge in [-0.3, -0.25) is 4.79 Å². The largest absolute Gasteiger partial charge is 0.303 e. The fraction of sp³-hybridized carbons (Fsp3) is 0.500. The number of Topliss-reactive ketones (excluding diaryl/α,β-unsaturated/α-hetero) is 1. The predicted octanol–water partition coefficient (Wildman–Crippen LogP) is 4.08. The number of aryl methyl sites for hydroxylation is 2. The monoisotopic (exact) mass is 327 g/mol.